The average Bonchev–Trinajstić information content (AvgIpc) is 3.37. The molecule has 170 valence electrons. The molecule has 0 atom stereocenters. The van der Waals surface area contributed by atoms with E-state index in [2.05, 4.69) is 5.32 Å². The van der Waals surface area contributed by atoms with E-state index >= 15 is 0 Å². The molecule has 1 aromatic heterocycles. The van der Waals surface area contributed by atoms with Gasteiger partial charge in [-0.15, -0.1) is 0 Å². The second kappa shape index (κ2) is 10.9. The van der Waals surface area contributed by atoms with E-state index in [0.717, 1.165) is 31.4 Å². The Bertz CT molecular complexity index is 1110. The van der Waals surface area contributed by atoms with Crippen molar-refractivity contribution < 1.29 is 18.8 Å². The lowest BCUT2D eigenvalue weighted by molar-refractivity contribution is -0.120. The number of Topliss-reactive ketones (excluding diaryl/α,β-unsaturated/α-hetero) is 2. The second-order valence-electron chi connectivity index (χ2n) is 8.63. The van der Waals surface area contributed by atoms with Crippen molar-refractivity contribution in [3.05, 3.63) is 89.4 Å². The van der Waals surface area contributed by atoms with Gasteiger partial charge in [-0.25, -0.2) is 0 Å². The van der Waals surface area contributed by atoms with Crippen LogP contribution >= 0.6 is 0 Å². The summed E-state index contributed by atoms with van der Waals surface area (Å²) in [6.07, 6.45) is 7.64. The van der Waals surface area contributed by atoms with Crippen molar-refractivity contribution >= 4 is 23.2 Å². The van der Waals surface area contributed by atoms with Gasteiger partial charge in [0.25, 0.3) is 0 Å². The maximum atomic E-state index is 13.2. The van der Waals surface area contributed by atoms with E-state index in [4.69, 9.17) is 4.42 Å². The van der Waals surface area contributed by atoms with Gasteiger partial charge in [0.15, 0.2) is 11.6 Å². The fourth-order valence-electron chi connectivity index (χ4n) is 4.48. The Morgan fingerprint density at radius 1 is 0.818 bits per heavy atom. The Labute approximate surface area is 194 Å². The van der Waals surface area contributed by atoms with Gasteiger partial charge < -0.3 is 9.73 Å². The number of aryl methyl sites for hydroxylation is 1. The lowest BCUT2D eigenvalue weighted by Crippen LogP contribution is -2.25. The SMILES string of the molecule is O=C(CCc1ccco1)c1ccccc1CC(=O)c1ccccc1NC(=O)C1CCCCC1. The molecule has 0 radical (unpaired) electrons. The van der Waals surface area contributed by atoms with E-state index in [1.807, 2.05) is 30.3 Å². The van der Waals surface area contributed by atoms with Gasteiger partial charge in [0.1, 0.15) is 5.76 Å². The molecule has 1 fully saturated rings. The van der Waals surface area contributed by atoms with Crippen molar-refractivity contribution in [2.45, 2.75) is 51.4 Å². The maximum absolute atomic E-state index is 13.2. The molecule has 1 aliphatic carbocycles. The molecular weight excluding hydrogens is 414 g/mol. The number of amides is 1. The molecule has 2 aromatic carbocycles. The summed E-state index contributed by atoms with van der Waals surface area (Å²) in [6, 6.07) is 18.0. The molecule has 0 unspecified atom stereocenters. The first kappa shape index (κ1) is 22.7. The fraction of sp³-hybridized carbons (Fsp3) is 0.321. The third-order valence-corrected chi connectivity index (χ3v) is 6.31. The van der Waals surface area contributed by atoms with Gasteiger partial charge in [-0.05, 0) is 42.7 Å². The molecule has 0 saturated heterocycles. The summed E-state index contributed by atoms with van der Waals surface area (Å²) < 4.78 is 5.32. The van der Waals surface area contributed by atoms with E-state index in [1.54, 1.807) is 36.6 Å². The molecule has 0 bridgehead atoms. The largest absolute Gasteiger partial charge is 0.469 e. The Hall–Kier alpha value is -3.47. The molecule has 4 rings (SSSR count). The highest BCUT2D eigenvalue weighted by Crippen LogP contribution is 2.26. The zero-order chi connectivity index (χ0) is 23.0. The molecule has 1 heterocycles. The first-order valence-electron chi connectivity index (χ1n) is 11.7. The van der Waals surface area contributed by atoms with Crippen LogP contribution in [0.5, 0.6) is 0 Å². The van der Waals surface area contributed by atoms with Gasteiger partial charge >= 0.3 is 0 Å². The number of hydrogen-bond donors (Lipinski definition) is 1. The third kappa shape index (κ3) is 5.86. The quantitative estimate of drug-likeness (QED) is 0.409. The number of anilines is 1. The number of furan rings is 1. The van der Waals surface area contributed by atoms with E-state index in [-0.39, 0.29) is 29.8 Å². The van der Waals surface area contributed by atoms with Crippen LogP contribution in [0.2, 0.25) is 0 Å². The van der Waals surface area contributed by atoms with Crippen LogP contribution in [0.25, 0.3) is 0 Å². The number of ketones is 2. The number of benzene rings is 2. The van der Waals surface area contributed by atoms with Crippen molar-refractivity contribution in [1.29, 1.82) is 0 Å². The summed E-state index contributed by atoms with van der Waals surface area (Å²) in [5, 5.41) is 2.98. The second-order valence-corrected chi connectivity index (χ2v) is 8.63. The van der Waals surface area contributed by atoms with Crippen molar-refractivity contribution in [3.63, 3.8) is 0 Å². The first-order valence-corrected chi connectivity index (χ1v) is 11.7. The summed E-state index contributed by atoms with van der Waals surface area (Å²) in [6.45, 7) is 0. The fourth-order valence-corrected chi connectivity index (χ4v) is 4.48. The van der Waals surface area contributed by atoms with Crippen molar-refractivity contribution in [2.75, 3.05) is 5.32 Å². The number of para-hydroxylation sites is 1. The standard InChI is InChI=1S/C28H29NO4/c30-26(17-16-22-12-8-18-33-22)23-13-5-4-11-21(23)19-27(31)24-14-6-7-15-25(24)29-28(32)20-9-2-1-3-10-20/h4-8,11-15,18,20H,1-3,9-10,16-17,19H2,(H,29,32). The molecule has 1 N–H and O–H groups in total. The molecular formula is C28H29NO4. The molecule has 5 nitrogen and oxygen atoms in total. The Kier molecular flexibility index (Phi) is 7.51. The van der Waals surface area contributed by atoms with Crippen molar-refractivity contribution in [1.82, 2.24) is 0 Å². The van der Waals surface area contributed by atoms with Gasteiger partial charge in [0.05, 0.1) is 12.0 Å². The zero-order valence-corrected chi connectivity index (χ0v) is 18.7. The van der Waals surface area contributed by atoms with Crippen molar-refractivity contribution in [2.24, 2.45) is 5.92 Å². The molecule has 3 aromatic rings. The number of rotatable bonds is 9. The molecule has 1 saturated carbocycles. The highest BCUT2D eigenvalue weighted by molar-refractivity contribution is 6.07. The van der Waals surface area contributed by atoms with Crippen LogP contribution in [0.4, 0.5) is 5.69 Å². The van der Waals surface area contributed by atoms with Crippen LogP contribution in [-0.2, 0) is 17.6 Å². The minimum atomic E-state index is -0.124. The number of nitrogens with one attached hydrogen (secondary N) is 1. The summed E-state index contributed by atoms with van der Waals surface area (Å²) in [5.41, 5.74) is 2.26. The minimum Gasteiger partial charge on any atom is -0.469 e. The molecule has 0 spiro atoms. The van der Waals surface area contributed by atoms with Crippen LogP contribution in [0.3, 0.4) is 0 Å². The average molecular weight is 444 g/mol. The highest BCUT2D eigenvalue weighted by atomic mass is 16.3. The summed E-state index contributed by atoms with van der Waals surface area (Å²) in [5.74, 6) is 0.618. The molecule has 5 heteroatoms. The van der Waals surface area contributed by atoms with Gasteiger partial charge in [0.2, 0.25) is 5.91 Å². The first-order chi connectivity index (χ1) is 16.1. The number of carbonyl (C=O) groups is 3. The molecule has 1 amide bonds. The smallest absolute Gasteiger partial charge is 0.227 e. The number of hydrogen-bond acceptors (Lipinski definition) is 4. The van der Waals surface area contributed by atoms with E-state index in [9.17, 15) is 14.4 Å². The van der Waals surface area contributed by atoms with E-state index < -0.39 is 0 Å². The maximum Gasteiger partial charge on any atom is 0.227 e. The molecule has 1 aliphatic rings. The van der Waals surface area contributed by atoms with Crippen LogP contribution in [0.15, 0.2) is 71.3 Å². The van der Waals surface area contributed by atoms with Crippen molar-refractivity contribution in [3.8, 4) is 0 Å². The lowest BCUT2D eigenvalue weighted by Gasteiger charge is -2.21. The van der Waals surface area contributed by atoms with E-state index in [0.29, 0.717) is 35.2 Å². The van der Waals surface area contributed by atoms with Crippen LogP contribution < -0.4 is 5.32 Å². The van der Waals surface area contributed by atoms with Gasteiger partial charge in [0, 0.05) is 36.3 Å². The van der Waals surface area contributed by atoms with Gasteiger partial charge in [-0.2, -0.15) is 0 Å². The zero-order valence-electron chi connectivity index (χ0n) is 18.7. The van der Waals surface area contributed by atoms with E-state index in [1.165, 1.54) is 6.42 Å². The van der Waals surface area contributed by atoms with Gasteiger partial charge in [-0.1, -0.05) is 55.7 Å². The highest BCUT2D eigenvalue weighted by Gasteiger charge is 2.23. The third-order valence-electron chi connectivity index (χ3n) is 6.31. The molecule has 0 aliphatic heterocycles. The Balaban J connectivity index is 1.46. The lowest BCUT2D eigenvalue weighted by atomic mass is 9.88. The van der Waals surface area contributed by atoms with Crippen LogP contribution in [0, 0.1) is 5.92 Å². The van der Waals surface area contributed by atoms with Crippen LogP contribution in [0.1, 0.15) is 70.6 Å². The normalized spacial score (nSPS) is 14.1. The summed E-state index contributed by atoms with van der Waals surface area (Å²) >= 11 is 0. The number of carbonyl (C=O) groups excluding carboxylic acids is 3. The molecule has 33 heavy (non-hydrogen) atoms. The monoisotopic (exact) mass is 443 g/mol. The Morgan fingerprint density at radius 2 is 1.55 bits per heavy atom. The Morgan fingerprint density at radius 3 is 2.30 bits per heavy atom. The predicted octanol–water partition coefficient (Wildman–Crippen LogP) is 6.04. The predicted molar refractivity (Wildman–Crippen MR) is 127 cm³/mol. The minimum absolute atomic E-state index is 0.00872. The topological polar surface area (TPSA) is 76.4 Å². The van der Waals surface area contributed by atoms with Crippen LogP contribution in [-0.4, -0.2) is 17.5 Å². The van der Waals surface area contributed by atoms with Gasteiger partial charge in [-0.3, -0.25) is 14.4 Å². The summed E-state index contributed by atoms with van der Waals surface area (Å²) in [7, 11) is 0. The summed E-state index contributed by atoms with van der Waals surface area (Å²) in [4.78, 5) is 38.8.